The van der Waals surface area contributed by atoms with Crippen LogP contribution in [0.3, 0.4) is 0 Å². The van der Waals surface area contributed by atoms with Crippen LogP contribution in [0.15, 0.2) is 42.5 Å². The van der Waals surface area contributed by atoms with Crippen LogP contribution in [-0.4, -0.2) is 53.8 Å². The molecule has 0 radical (unpaired) electrons. The first-order valence-electron chi connectivity index (χ1n) is 8.59. The summed E-state index contributed by atoms with van der Waals surface area (Å²) < 4.78 is 35.0. The third-order valence-corrected chi connectivity index (χ3v) is 4.37. The zero-order valence-corrected chi connectivity index (χ0v) is 17.1. The number of carbonyl (C=O) groups excluding carboxylic acids is 2. The summed E-state index contributed by atoms with van der Waals surface area (Å²) in [5.74, 6) is 0.328. The topological polar surface area (TPSA) is 123 Å². The Morgan fingerprint density at radius 3 is 1.76 bits per heavy atom. The first-order valence-corrected chi connectivity index (χ1v) is 10.5. The fraction of sp³-hybridized carbons (Fsp3) is 0.263. The summed E-state index contributed by atoms with van der Waals surface area (Å²) >= 11 is 0. The Morgan fingerprint density at radius 2 is 1.31 bits per heavy atom. The van der Waals surface area contributed by atoms with Gasteiger partial charge in [-0.25, -0.2) is 8.42 Å². The maximum Gasteiger partial charge on any atom is 0.251 e. The van der Waals surface area contributed by atoms with E-state index < -0.39 is 10.0 Å². The van der Waals surface area contributed by atoms with Gasteiger partial charge in [0.1, 0.15) is 11.5 Å². The molecule has 0 bridgehead atoms. The van der Waals surface area contributed by atoms with Gasteiger partial charge in [0.25, 0.3) is 11.8 Å². The van der Waals surface area contributed by atoms with Crippen LogP contribution in [0.4, 0.5) is 5.69 Å². The van der Waals surface area contributed by atoms with Crippen molar-refractivity contribution < 1.29 is 27.5 Å². The van der Waals surface area contributed by atoms with Gasteiger partial charge in [0.15, 0.2) is 0 Å². The molecule has 10 heteroatoms. The van der Waals surface area contributed by atoms with E-state index in [-0.39, 0.29) is 24.9 Å². The van der Waals surface area contributed by atoms with Gasteiger partial charge < -0.3 is 20.1 Å². The minimum Gasteiger partial charge on any atom is -0.497 e. The first-order chi connectivity index (χ1) is 13.7. The number of anilines is 1. The molecule has 0 unspecified atom stereocenters. The van der Waals surface area contributed by atoms with E-state index in [0.717, 1.165) is 6.26 Å². The third-order valence-electron chi connectivity index (χ3n) is 3.76. The van der Waals surface area contributed by atoms with Crippen LogP contribution in [0.5, 0.6) is 11.5 Å². The normalized spacial score (nSPS) is 10.7. The van der Waals surface area contributed by atoms with E-state index in [9.17, 15) is 18.0 Å². The minimum absolute atomic E-state index is 0.217. The average Bonchev–Trinajstić information content (AvgIpc) is 2.69. The van der Waals surface area contributed by atoms with Crippen molar-refractivity contribution in [3.8, 4) is 11.5 Å². The molecular weight excluding hydrogens is 398 g/mol. The average molecular weight is 421 g/mol. The number of benzene rings is 2. The summed E-state index contributed by atoms with van der Waals surface area (Å²) in [5, 5.41) is 5.38. The molecule has 2 rings (SSSR count). The second-order valence-electron chi connectivity index (χ2n) is 6.06. The smallest absolute Gasteiger partial charge is 0.251 e. The molecule has 0 spiro atoms. The molecule has 2 amide bonds. The maximum atomic E-state index is 12.3. The Labute approximate surface area is 169 Å². The molecule has 0 saturated heterocycles. The van der Waals surface area contributed by atoms with E-state index in [0.29, 0.717) is 28.3 Å². The number of sulfonamides is 1. The molecule has 2 aromatic carbocycles. The largest absolute Gasteiger partial charge is 0.497 e. The fourth-order valence-electron chi connectivity index (χ4n) is 2.40. The molecule has 0 saturated carbocycles. The Morgan fingerprint density at radius 1 is 0.828 bits per heavy atom. The zero-order chi connectivity index (χ0) is 21.4. The highest BCUT2D eigenvalue weighted by atomic mass is 32.2. The molecule has 0 aliphatic rings. The molecule has 0 aliphatic carbocycles. The summed E-state index contributed by atoms with van der Waals surface area (Å²) in [6.45, 7) is 0.437. The van der Waals surface area contributed by atoms with Crippen molar-refractivity contribution in [1.29, 1.82) is 0 Å². The van der Waals surface area contributed by atoms with Gasteiger partial charge in [-0.15, -0.1) is 0 Å². The van der Waals surface area contributed by atoms with Crippen LogP contribution in [0.25, 0.3) is 0 Å². The van der Waals surface area contributed by atoms with E-state index in [2.05, 4.69) is 15.4 Å². The lowest BCUT2D eigenvalue weighted by atomic mass is 10.2. The molecule has 3 N–H and O–H groups in total. The summed E-state index contributed by atoms with van der Waals surface area (Å²) in [5.41, 5.74) is 1.11. The second-order valence-corrected chi connectivity index (χ2v) is 7.81. The second kappa shape index (κ2) is 9.78. The number of carbonyl (C=O) groups is 2. The zero-order valence-electron chi connectivity index (χ0n) is 16.3. The summed E-state index contributed by atoms with van der Waals surface area (Å²) in [6, 6.07) is 10.8. The van der Waals surface area contributed by atoms with Gasteiger partial charge in [-0.2, -0.15) is 0 Å². The van der Waals surface area contributed by atoms with Crippen LogP contribution < -0.4 is 24.8 Å². The van der Waals surface area contributed by atoms with Gasteiger partial charge in [-0.3, -0.25) is 14.3 Å². The lowest BCUT2D eigenvalue weighted by Crippen LogP contribution is -2.34. The summed E-state index contributed by atoms with van der Waals surface area (Å²) in [4.78, 5) is 24.4. The predicted molar refractivity (Wildman–Crippen MR) is 109 cm³/mol. The minimum atomic E-state index is -3.37. The van der Waals surface area contributed by atoms with E-state index in [4.69, 9.17) is 9.47 Å². The molecule has 0 heterocycles. The van der Waals surface area contributed by atoms with Crippen LogP contribution in [0.2, 0.25) is 0 Å². The van der Waals surface area contributed by atoms with Crippen LogP contribution in [0.1, 0.15) is 20.7 Å². The van der Waals surface area contributed by atoms with Gasteiger partial charge in [-0.05, 0) is 36.4 Å². The van der Waals surface area contributed by atoms with Crippen molar-refractivity contribution in [3.63, 3.8) is 0 Å². The molecule has 9 nitrogen and oxygen atoms in total. The number of hydrogen-bond donors (Lipinski definition) is 3. The van der Waals surface area contributed by atoms with Gasteiger partial charge in [0.2, 0.25) is 10.0 Å². The van der Waals surface area contributed by atoms with E-state index in [1.807, 2.05) is 0 Å². The lowest BCUT2D eigenvalue weighted by Gasteiger charge is -2.10. The number of amides is 2. The quantitative estimate of drug-likeness (QED) is 0.524. The Balaban J connectivity index is 1.84. The molecule has 0 fully saturated rings. The number of rotatable bonds is 9. The highest BCUT2D eigenvalue weighted by Gasteiger charge is 2.10. The van der Waals surface area contributed by atoms with Crippen LogP contribution >= 0.6 is 0 Å². The third kappa shape index (κ3) is 7.00. The van der Waals surface area contributed by atoms with Gasteiger partial charge in [0, 0.05) is 36.0 Å². The number of ether oxygens (including phenoxy) is 2. The molecule has 0 aromatic heterocycles. The molecule has 156 valence electrons. The standard InChI is InChI=1S/C19H23N3O6S/c1-27-16-10-14(11-17(12-16)28-2)19(24)21-9-8-20-18(23)13-4-6-15(7-5-13)22-29(3,25)26/h4-7,10-12,22H,8-9H2,1-3H3,(H,20,23)(H,21,24). The number of hydrogen-bond acceptors (Lipinski definition) is 6. The molecule has 0 aliphatic heterocycles. The van der Waals surface area contributed by atoms with E-state index >= 15 is 0 Å². The SMILES string of the molecule is COc1cc(OC)cc(C(=O)NCCNC(=O)c2ccc(NS(C)(=O)=O)cc2)c1. The highest BCUT2D eigenvalue weighted by Crippen LogP contribution is 2.22. The van der Waals surface area contributed by atoms with Gasteiger partial charge in [-0.1, -0.05) is 0 Å². The van der Waals surface area contributed by atoms with E-state index in [1.54, 1.807) is 18.2 Å². The van der Waals surface area contributed by atoms with Crippen molar-refractivity contribution in [1.82, 2.24) is 10.6 Å². The van der Waals surface area contributed by atoms with Crippen LogP contribution in [-0.2, 0) is 10.0 Å². The van der Waals surface area contributed by atoms with Crippen molar-refractivity contribution >= 4 is 27.5 Å². The monoisotopic (exact) mass is 421 g/mol. The Kier molecular flexibility index (Phi) is 7.43. The van der Waals surface area contributed by atoms with Crippen molar-refractivity contribution in [2.24, 2.45) is 0 Å². The van der Waals surface area contributed by atoms with Crippen molar-refractivity contribution in [2.45, 2.75) is 0 Å². The fourth-order valence-corrected chi connectivity index (χ4v) is 2.96. The Hall–Kier alpha value is -3.27. The number of methoxy groups -OCH3 is 2. The maximum absolute atomic E-state index is 12.3. The van der Waals surface area contributed by atoms with Gasteiger partial charge in [0.05, 0.1) is 20.5 Å². The van der Waals surface area contributed by atoms with Crippen molar-refractivity contribution in [2.75, 3.05) is 38.3 Å². The molecule has 0 atom stereocenters. The van der Waals surface area contributed by atoms with Crippen molar-refractivity contribution in [3.05, 3.63) is 53.6 Å². The van der Waals surface area contributed by atoms with Crippen LogP contribution in [0, 0.1) is 0 Å². The number of nitrogens with one attached hydrogen (secondary N) is 3. The Bertz CT molecular complexity index is 952. The first kappa shape index (κ1) is 22.0. The van der Waals surface area contributed by atoms with Gasteiger partial charge >= 0.3 is 0 Å². The summed E-state index contributed by atoms with van der Waals surface area (Å²) in [7, 11) is -0.383. The lowest BCUT2D eigenvalue weighted by molar-refractivity contribution is 0.0927. The molecule has 29 heavy (non-hydrogen) atoms. The predicted octanol–water partition coefficient (Wildman–Crippen LogP) is 1.24. The molecular formula is C19H23N3O6S. The summed E-state index contributed by atoms with van der Waals surface area (Å²) in [6.07, 6.45) is 1.05. The van der Waals surface area contributed by atoms with E-state index in [1.165, 1.54) is 38.5 Å². The highest BCUT2D eigenvalue weighted by molar-refractivity contribution is 7.92. The molecule has 2 aromatic rings.